The third kappa shape index (κ3) is 4.00. The van der Waals surface area contributed by atoms with Crippen LogP contribution in [0.2, 0.25) is 0 Å². The number of carbonyl (C=O) groups is 2. The lowest BCUT2D eigenvalue weighted by atomic mass is 9.93. The lowest BCUT2D eigenvalue weighted by molar-refractivity contribution is -0.134. The minimum absolute atomic E-state index is 0.103. The van der Waals surface area contributed by atoms with Gasteiger partial charge in [0.1, 0.15) is 5.69 Å². The van der Waals surface area contributed by atoms with E-state index in [1.165, 1.54) is 12.1 Å². The predicted octanol–water partition coefficient (Wildman–Crippen LogP) is 1.59. The molecule has 4 rings (SSSR count). The maximum Gasteiger partial charge on any atom is 0.235 e. The number of nitrogens with one attached hydrogen (secondary N) is 1. The first-order valence-electron chi connectivity index (χ1n) is 9.47. The van der Waals surface area contributed by atoms with Gasteiger partial charge in [-0.2, -0.15) is 0 Å². The van der Waals surface area contributed by atoms with Crippen LogP contribution in [0.25, 0.3) is 11.0 Å². The highest BCUT2D eigenvalue weighted by molar-refractivity contribution is 6.02. The van der Waals surface area contributed by atoms with Gasteiger partial charge < -0.3 is 14.0 Å². The van der Waals surface area contributed by atoms with E-state index in [4.69, 9.17) is 14.0 Å². The summed E-state index contributed by atoms with van der Waals surface area (Å²) in [6, 6.07) is 2.74. The van der Waals surface area contributed by atoms with Gasteiger partial charge in [0.15, 0.2) is 17.1 Å². The summed E-state index contributed by atoms with van der Waals surface area (Å²) >= 11 is 0. The summed E-state index contributed by atoms with van der Waals surface area (Å²) in [7, 11) is 0. The number of hydrogen-bond donors (Lipinski definition) is 1. The van der Waals surface area contributed by atoms with E-state index in [1.54, 1.807) is 0 Å². The topological polar surface area (TPSA) is 93.9 Å². The van der Waals surface area contributed by atoms with Crippen LogP contribution in [0.4, 0.5) is 4.39 Å². The monoisotopic (exact) mass is 391 g/mol. The van der Waals surface area contributed by atoms with Gasteiger partial charge in [-0.3, -0.25) is 19.8 Å². The number of fused-ring (bicyclic) bond motifs is 1. The maximum absolute atomic E-state index is 14.3. The van der Waals surface area contributed by atoms with Crippen LogP contribution in [-0.2, 0) is 14.3 Å². The summed E-state index contributed by atoms with van der Waals surface area (Å²) in [5.74, 6) is -1.75. The van der Waals surface area contributed by atoms with Crippen molar-refractivity contribution >= 4 is 22.8 Å². The van der Waals surface area contributed by atoms with Crippen LogP contribution in [0, 0.1) is 5.82 Å². The third-order valence-electron chi connectivity index (χ3n) is 5.10. The first-order chi connectivity index (χ1) is 13.6. The number of rotatable bonds is 6. The molecule has 28 heavy (non-hydrogen) atoms. The number of ether oxygens (including phenoxy) is 2. The maximum atomic E-state index is 14.3. The Bertz CT molecular complexity index is 878. The van der Waals surface area contributed by atoms with Crippen molar-refractivity contribution in [2.24, 2.45) is 0 Å². The van der Waals surface area contributed by atoms with E-state index >= 15 is 0 Å². The Kier molecular flexibility index (Phi) is 5.54. The summed E-state index contributed by atoms with van der Waals surface area (Å²) in [5.41, 5.74) is 0.649. The lowest BCUT2D eigenvalue weighted by Crippen LogP contribution is -2.39. The van der Waals surface area contributed by atoms with E-state index in [-0.39, 0.29) is 23.7 Å². The predicted molar refractivity (Wildman–Crippen MR) is 96.5 cm³/mol. The number of amides is 2. The van der Waals surface area contributed by atoms with Crippen molar-refractivity contribution in [2.45, 2.75) is 25.2 Å². The van der Waals surface area contributed by atoms with Crippen LogP contribution in [0.15, 0.2) is 16.7 Å². The molecule has 2 aliphatic rings. The minimum Gasteiger partial charge on any atom is -0.490 e. The summed E-state index contributed by atoms with van der Waals surface area (Å²) in [4.78, 5) is 25.8. The van der Waals surface area contributed by atoms with Gasteiger partial charge >= 0.3 is 0 Å². The summed E-state index contributed by atoms with van der Waals surface area (Å²) in [6.07, 6.45) is 1.34. The normalized spacial score (nSPS) is 21.1. The SMILES string of the molecule is O=C1CCC(c2noc3cc(F)c(OCCCN4CCOCC4)cc23)C(=O)N1. The Morgan fingerprint density at radius 3 is 2.89 bits per heavy atom. The van der Waals surface area contributed by atoms with Crippen LogP contribution >= 0.6 is 0 Å². The van der Waals surface area contributed by atoms with E-state index in [0.717, 1.165) is 39.3 Å². The average molecular weight is 391 g/mol. The molecule has 0 saturated carbocycles. The minimum atomic E-state index is -0.599. The molecule has 1 aromatic heterocycles. The van der Waals surface area contributed by atoms with E-state index in [9.17, 15) is 14.0 Å². The molecule has 2 aromatic rings. The van der Waals surface area contributed by atoms with E-state index in [0.29, 0.717) is 24.1 Å². The van der Waals surface area contributed by atoms with Gasteiger partial charge in [-0.25, -0.2) is 4.39 Å². The second-order valence-corrected chi connectivity index (χ2v) is 7.01. The molecule has 1 atom stereocenters. The van der Waals surface area contributed by atoms with Crippen molar-refractivity contribution in [1.29, 1.82) is 0 Å². The molecule has 0 bridgehead atoms. The molecule has 1 aromatic carbocycles. The van der Waals surface area contributed by atoms with Crippen LogP contribution in [0.5, 0.6) is 5.75 Å². The number of morpholine rings is 1. The Labute approximate surface area is 160 Å². The van der Waals surface area contributed by atoms with Crippen molar-refractivity contribution in [3.63, 3.8) is 0 Å². The fourth-order valence-electron chi connectivity index (χ4n) is 3.57. The molecule has 9 heteroatoms. The zero-order valence-corrected chi connectivity index (χ0v) is 15.4. The van der Waals surface area contributed by atoms with E-state index in [1.807, 2.05) is 0 Å². The number of piperidine rings is 1. The van der Waals surface area contributed by atoms with Crippen molar-refractivity contribution in [3.05, 3.63) is 23.6 Å². The molecule has 150 valence electrons. The molecule has 3 heterocycles. The van der Waals surface area contributed by atoms with Gasteiger partial charge in [-0.1, -0.05) is 5.16 Å². The molecule has 0 spiro atoms. The van der Waals surface area contributed by atoms with Gasteiger partial charge in [0, 0.05) is 37.5 Å². The quantitative estimate of drug-likeness (QED) is 0.590. The first-order valence-corrected chi connectivity index (χ1v) is 9.47. The zero-order valence-electron chi connectivity index (χ0n) is 15.4. The fraction of sp³-hybridized carbons (Fsp3) is 0.526. The van der Waals surface area contributed by atoms with Gasteiger partial charge in [-0.05, 0) is 18.9 Å². The fourth-order valence-corrected chi connectivity index (χ4v) is 3.57. The van der Waals surface area contributed by atoms with Crippen molar-refractivity contribution < 1.29 is 28.0 Å². The number of imide groups is 1. The van der Waals surface area contributed by atoms with E-state index in [2.05, 4.69) is 15.4 Å². The van der Waals surface area contributed by atoms with Gasteiger partial charge in [0.25, 0.3) is 0 Å². The number of halogens is 1. The van der Waals surface area contributed by atoms with Crippen molar-refractivity contribution in [3.8, 4) is 5.75 Å². The number of hydrogen-bond acceptors (Lipinski definition) is 7. The van der Waals surface area contributed by atoms with Gasteiger partial charge in [0.2, 0.25) is 11.8 Å². The first kappa shape index (κ1) is 18.8. The molecule has 2 saturated heterocycles. The highest BCUT2D eigenvalue weighted by atomic mass is 19.1. The molecule has 2 amide bonds. The van der Waals surface area contributed by atoms with Gasteiger partial charge in [0.05, 0.1) is 25.7 Å². The Morgan fingerprint density at radius 2 is 2.11 bits per heavy atom. The van der Waals surface area contributed by atoms with Crippen LogP contribution in [0.3, 0.4) is 0 Å². The molecule has 2 aliphatic heterocycles. The largest absolute Gasteiger partial charge is 0.490 e. The molecule has 0 radical (unpaired) electrons. The number of benzene rings is 1. The van der Waals surface area contributed by atoms with Crippen molar-refractivity contribution in [1.82, 2.24) is 15.4 Å². The molecular weight excluding hydrogens is 369 g/mol. The summed E-state index contributed by atoms with van der Waals surface area (Å²) in [5, 5.41) is 6.78. The Morgan fingerprint density at radius 1 is 1.29 bits per heavy atom. The van der Waals surface area contributed by atoms with Gasteiger partial charge in [-0.15, -0.1) is 0 Å². The molecule has 1 unspecified atom stereocenters. The molecule has 8 nitrogen and oxygen atoms in total. The standard InChI is InChI=1S/C19H22FN3O5/c20-14-11-15-13(18(22-28-15)12-2-3-17(24)21-19(12)25)10-16(14)27-7-1-4-23-5-8-26-9-6-23/h10-12H,1-9H2,(H,21,24,25). The Hall–Kier alpha value is -2.52. The molecular formula is C19H22FN3O5. The third-order valence-corrected chi connectivity index (χ3v) is 5.10. The number of nitrogens with zero attached hydrogens (tertiary/aromatic N) is 2. The highest BCUT2D eigenvalue weighted by Crippen LogP contribution is 2.33. The second kappa shape index (κ2) is 8.24. The molecule has 0 aliphatic carbocycles. The van der Waals surface area contributed by atoms with E-state index < -0.39 is 17.6 Å². The average Bonchev–Trinajstić information content (AvgIpc) is 3.08. The second-order valence-electron chi connectivity index (χ2n) is 7.01. The lowest BCUT2D eigenvalue weighted by Gasteiger charge is -2.26. The zero-order chi connectivity index (χ0) is 19.5. The van der Waals surface area contributed by atoms with Crippen LogP contribution in [-0.4, -0.2) is 61.3 Å². The smallest absolute Gasteiger partial charge is 0.235 e. The van der Waals surface area contributed by atoms with Crippen LogP contribution in [0.1, 0.15) is 30.9 Å². The Balaban J connectivity index is 1.44. The number of aromatic nitrogens is 1. The molecule has 2 fully saturated rings. The van der Waals surface area contributed by atoms with Crippen molar-refractivity contribution in [2.75, 3.05) is 39.5 Å². The number of carbonyl (C=O) groups excluding carboxylic acids is 2. The van der Waals surface area contributed by atoms with Crippen LogP contribution < -0.4 is 10.1 Å². The summed E-state index contributed by atoms with van der Waals surface area (Å²) < 4.78 is 30.5. The highest BCUT2D eigenvalue weighted by Gasteiger charge is 2.32. The summed E-state index contributed by atoms with van der Waals surface area (Å²) in [6.45, 7) is 4.51. The molecule has 1 N–H and O–H groups in total.